The number of para-hydroxylation sites is 3. The van der Waals surface area contributed by atoms with E-state index >= 15 is 0 Å². The Hall–Kier alpha value is -8.60. The van der Waals surface area contributed by atoms with E-state index in [2.05, 4.69) is 235 Å². The molecule has 0 fully saturated rings. The Bertz CT molecular complexity index is 3960. The standard InChI is InChI=1S/C61H40N2O2/c1-38-12-2-3-17-47(38)48-18-4-7-21-55(48)62-45-15-10-13-39(32-45)41-24-28-58-51(34-41)53-36-43(26-30-60(53)64-58)44-27-31-61-54(37-44)52-35-42(25-29-59(52)65-61)40-14-11-16-46(33-40)63-56-22-8-5-19-49(56)50-20-6-9-23-57(50)63/h2-37,62H,1H3. The van der Waals surface area contributed by atoms with Gasteiger partial charge < -0.3 is 18.7 Å². The smallest absolute Gasteiger partial charge is 0.135 e. The van der Waals surface area contributed by atoms with E-state index in [4.69, 9.17) is 8.83 Å². The van der Waals surface area contributed by atoms with Crippen molar-refractivity contribution in [2.24, 2.45) is 0 Å². The molecule has 65 heavy (non-hydrogen) atoms. The maximum Gasteiger partial charge on any atom is 0.135 e. The molecule has 3 aromatic heterocycles. The minimum atomic E-state index is 0.867. The van der Waals surface area contributed by atoms with Crippen molar-refractivity contribution in [2.45, 2.75) is 6.92 Å². The average molecular weight is 833 g/mol. The Labute approximate surface area is 375 Å². The molecule has 3 heterocycles. The summed E-state index contributed by atoms with van der Waals surface area (Å²) in [7, 11) is 0. The van der Waals surface area contributed by atoms with E-state index in [0.29, 0.717) is 0 Å². The molecule has 10 aromatic carbocycles. The van der Waals surface area contributed by atoms with Gasteiger partial charge in [-0.15, -0.1) is 0 Å². The van der Waals surface area contributed by atoms with Crippen LogP contribution in [0, 0.1) is 6.92 Å². The summed E-state index contributed by atoms with van der Waals surface area (Å²) in [5, 5.41) is 10.6. The van der Waals surface area contributed by atoms with Gasteiger partial charge in [0.25, 0.3) is 0 Å². The van der Waals surface area contributed by atoms with Crippen molar-refractivity contribution in [3.63, 3.8) is 0 Å². The third kappa shape index (κ3) is 6.22. The first-order chi connectivity index (χ1) is 32.1. The molecule has 13 aromatic rings. The van der Waals surface area contributed by atoms with Crippen LogP contribution in [0.1, 0.15) is 5.56 Å². The second-order valence-electron chi connectivity index (χ2n) is 17.0. The molecule has 0 aliphatic carbocycles. The molecule has 1 N–H and O–H groups in total. The van der Waals surface area contributed by atoms with Gasteiger partial charge >= 0.3 is 0 Å². The van der Waals surface area contributed by atoms with Gasteiger partial charge in [-0.1, -0.05) is 127 Å². The number of furan rings is 2. The summed E-state index contributed by atoms with van der Waals surface area (Å²) in [4.78, 5) is 0. The molecule has 0 radical (unpaired) electrons. The lowest BCUT2D eigenvalue weighted by atomic mass is 9.98. The number of hydrogen-bond acceptors (Lipinski definition) is 3. The third-order valence-corrected chi connectivity index (χ3v) is 13.1. The summed E-state index contributed by atoms with van der Waals surface area (Å²) in [6, 6.07) is 77.9. The number of rotatable bonds is 7. The molecule has 0 amide bonds. The van der Waals surface area contributed by atoms with Gasteiger partial charge in [0, 0.05) is 54.9 Å². The topological polar surface area (TPSA) is 43.2 Å². The lowest BCUT2D eigenvalue weighted by molar-refractivity contribution is 0.668. The molecule has 306 valence electrons. The highest BCUT2D eigenvalue weighted by atomic mass is 16.3. The number of nitrogens with zero attached hydrogens (tertiary/aromatic N) is 1. The predicted octanol–water partition coefficient (Wildman–Crippen LogP) is 17.3. The van der Waals surface area contributed by atoms with Gasteiger partial charge in [-0.2, -0.15) is 0 Å². The lowest BCUT2D eigenvalue weighted by Gasteiger charge is -2.15. The Morgan fingerprint density at radius 1 is 0.338 bits per heavy atom. The first kappa shape index (κ1) is 37.0. The zero-order valence-electron chi connectivity index (χ0n) is 35.5. The monoisotopic (exact) mass is 832 g/mol. The van der Waals surface area contributed by atoms with Crippen molar-refractivity contribution in [1.29, 1.82) is 0 Å². The molecule has 0 saturated carbocycles. The minimum Gasteiger partial charge on any atom is -0.456 e. The maximum absolute atomic E-state index is 6.43. The SMILES string of the molecule is Cc1ccccc1-c1ccccc1Nc1cccc(-c2ccc3oc4ccc(-c5ccc6oc7ccc(-c8cccc(-n9c%10ccccc%10c%10ccccc%109)c8)cc7c6c5)cc4c3c2)c1. The molecule has 4 heteroatoms. The van der Waals surface area contributed by atoms with Crippen LogP contribution in [-0.2, 0) is 0 Å². The normalized spacial score (nSPS) is 11.8. The summed E-state index contributed by atoms with van der Waals surface area (Å²) >= 11 is 0. The average Bonchev–Trinajstić information content (AvgIpc) is 4.03. The van der Waals surface area contributed by atoms with Gasteiger partial charge in [-0.05, 0) is 142 Å². The van der Waals surface area contributed by atoms with Gasteiger partial charge in [0.2, 0.25) is 0 Å². The number of benzene rings is 10. The molecular formula is C61H40N2O2. The molecule has 0 aliphatic heterocycles. The summed E-state index contributed by atoms with van der Waals surface area (Å²) < 4.78 is 15.2. The van der Waals surface area contributed by atoms with Crippen molar-refractivity contribution in [1.82, 2.24) is 4.57 Å². The van der Waals surface area contributed by atoms with Crippen LogP contribution in [0.3, 0.4) is 0 Å². The van der Waals surface area contributed by atoms with E-state index in [1.165, 1.54) is 38.5 Å². The van der Waals surface area contributed by atoms with Crippen molar-refractivity contribution < 1.29 is 8.83 Å². The van der Waals surface area contributed by atoms with Gasteiger partial charge in [0.15, 0.2) is 0 Å². The number of anilines is 2. The van der Waals surface area contributed by atoms with Crippen LogP contribution in [0.4, 0.5) is 11.4 Å². The van der Waals surface area contributed by atoms with Crippen LogP contribution >= 0.6 is 0 Å². The van der Waals surface area contributed by atoms with E-state index in [0.717, 1.165) is 94.3 Å². The predicted molar refractivity (Wildman–Crippen MR) is 272 cm³/mol. The summed E-state index contributed by atoms with van der Waals surface area (Å²) in [5.41, 5.74) is 19.6. The van der Waals surface area contributed by atoms with Crippen LogP contribution in [-0.4, -0.2) is 4.57 Å². The molecule has 0 atom stereocenters. The van der Waals surface area contributed by atoms with Crippen molar-refractivity contribution in [2.75, 3.05) is 5.32 Å². The first-order valence-electron chi connectivity index (χ1n) is 22.1. The van der Waals surface area contributed by atoms with Crippen LogP contribution in [0.25, 0.3) is 116 Å². The van der Waals surface area contributed by atoms with E-state index in [-0.39, 0.29) is 0 Å². The van der Waals surface area contributed by atoms with Crippen molar-refractivity contribution >= 4 is 77.1 Å². The van der Waals surface area contributed by atoms with Crippen LogP contribution < -0.4 is 5.32 Å². The Morgan fingerprint density at radius 2 is 0.785 bits per heavy atom. The Balaban J connectivity index is 0.841. The fraction of sp³-hybridized carbons (Fsp3) is 0.0164. The maximum atomic E-state index is 6.43. The van der Waals surface area contributed by atoms with Gasteiger partial charge in [-0.25, -0.2) is 0 Å². The second kappa shape index (κ2) is 14.8. The van der Waals surface area contributed by atoms with E-state index in [9.17, 15) is 0 Å². The third-order valence-electron chi connectivity index (χ3n) is 13.1. The highest BCUT2D eigenvalue weighted by Crippen LogP contribution is 2.40. The second-order valence-corrected chi connectivity index (χ2v) is 17.0. The Morgan fingerprint density at radius 3 is 1.34 bits per heavy atom. The van der Waals surface area contributed by atoms with E-state index in [1.54, 1.807) is 0 Å². The number of aromatic nitrogens is 1. The first-order valence-corrected chi connectivity index (χ1v) is 22.1. The molecule has 0 unspecified atom stereocenters. The number of aryl methyl sites for hydroxylation is 1. The number of fused-ring (bicyclic) bond motifs is 9. The molecule has 13 rings (SSSR count). The minimum absolute atomic E-state index is 0.867. The molecule has 0 aliphatic rings. The van der Waals surface area contributed by atoms with Crippen LogP contribution in [0.5, 0.6) is 0 Å². The zero-order chi connectivity index (χ0) is 43.0. The van der Waals surface area contributed by atoms with Crippen LogP contribution in [0.2, 0.25) is 0 Å². The summed E-state index contributed by atoms with van der Waals surface area (Å²) in [6.07, 6.45) is 0. The van der Waals surface area contributed by atoms with Crippen molar-refractivity contribution in [3.05, 3.63) is 224 Å². The number of nitrogens with one attached hydrogen (secondary N) is 1. The fourth-order valence-corrected chi connectivity index (χ4v) is 9.93. The Kier molecular flexibility index (Phi) is 8.40. The van der Waals surface area contributed by atoms with Gasteiger partial charge in [-0.3, -0.25) is 0 Å². The molecule has 0 spiro atoms. The number of hydrogen-bond donors (Lipinski definition) is 1. The molecule has 4 nitrogen and oxygen atoms in total. The van der Waals surface area contributed by atoms with Crippen molar-refractivity contribution in [3.8, 4) is 50.2 Å². The quantitative estimate of drug-likeness (QED) is 0.174. The van der Waals surface area contributed by atoms with E-state index in [1.807, 2.05) is 0 Å². The highest BCUT2D eigenvalue weighted by Gasteiger charge is 2.16. The zero-order valence-corrected chi connectivity index (χ0v) is 35.5. The van der Waals surface area contributed by atoms with Gasteiger partial charge in [0.1, 0.15) is 22.3 Å². The fourth-order valence-electron chi connectivity index (χ4n) is 9.93. The van der Waals surface area contributed by atoms with Crippen LogP contribution in [0.15, 0.2) is 227 Å². The summed E-state index contributed by atoms with van der Waals surface area (Å²) in [5.74, 6) is 0. The van der Waals surface area contributed by atoms with Gasteiger partial charge in [0.05, 0.1) is 11.0 Å². The lowest BCUT2D eigenvalue weighted by Crippen LogP contribution is -1.94. The van der Waals surface area contributed by atoms with E-state index < -0.39 is 0 Å². The molecule has 0 bridgehead atoms. The largest absolute Gasteiger partial charge is 0.456 e. The molecular weight excluding hydrogens is 793 g/mol. The summed E-state index contributed by atoms with van der Waals surface area (Å²) in [6.45, 7) is 2.16. The highest BCUT2D eigenvalue weighted by molar-refractivity contribution is 6.11. The molecule has 0 saturated heterocycles.